The van der Waals surface area contributed by atoms with Gasteiger partial charge in [-0.2, -0.15) is 0 Å². The predicted molar refractivity (Wildman–Crippen MR) is 195 cm³/mol. The van der Waals surface area contributed by atoms with Crippen LogP contribution < -0.4 is 5.56 Å². The highest BCUT2D eigenvalue weighted by Gasteiger charge is 2.17. The van der Waals surface area contributed by atoms with Gasteiger partial charge in [-0.3, -0.25) is 4.79 Å². The van der Waals surface area contributed by atoms with Crippen molar-refractivity contribution < 1.29 is 0 Å². The standard InChI is InChI=1S/C42H26N6O/c49-42-34-26-31(23-24-36(34)44-41-33-21-10-11-22-35(33)43-40(48(41)42)29-17-8-3-9-18-29)30-19-12-20-32(25-30)39-46-37(27-13-4-1-5-14-27)45-38(47-39)28-15-6-2-7-16-28/h1-26H. The molecule has 0 amide bonds. The van der Waals surface area contributed by atoms with E-state index in [-0.39, 0.29) is 5.56 Å². The van der Waals surface area contributed by atoms with Gasteiger partial charge in [-0.05, 0) is 41.5 Å². The molecule has 3 heterocycles. The summed E-state index contributed by atoms with van der Waals surface area (Å²) in [5, 5.41) is 1.33. The molecule has 0 radical (unpaired) electrons. The quantitative estimate of drug-likeness (QED) is 0.139. The van der Waals surface area contributed by atoms with E-state index < -0.39 is 0 Å². The summed E-state index contributed by atoms with van der Waals surface area (Å²) < 4.78 is 1.64. The van der Waals surface area contributed by atoms with Crippen LogP contribution in [0.3, 0.4) is 0 Å². The lowest BCUT2D eigenvalue weighted by Crippen LogP contribution is -2.19. The molecule has 0 aliphatic carbocycles. The van der Waals surface area contributed by atoms with Crippen LogP contribution in [-0.4, -0.2) is 29.3 Å². The molecule has 0 N–H and O–H groups in total. The molecule has 0 saturated heterocycles. The molecule has 230 valence electrons. The van der Waals surface area contributed by atoms with Gasteiger partial charge in [0, 0.05) is 27.6 Å². The molecule has 0 unspecified atom stereocenters. The van der Waals surface area contributed by atoms with E-state index >= 15 is 0 Å². The number of fused-ring (bicyclic) bond motifs is 4. The third-order valence-electron chi connectivity index (χ3n) is 8.64. The zero-order valence-corrected chi connectivity index (χ0v) is 26.1. The highest BCUT2D eigenvalue weighted by atomic mass is 16.1. The van der Waals surface area contributed by atoms with Crippen LogP contribution in [0.25, 0.3) is 84.1 Å². The van der Waals surface area contributed by atoms with Gasteiger partial charge in [-0.1, -0.05) is 127 Å². The summed E-state index contributed by atoms with van der Waals surface area (Å²) >= 11 is 0. The van der Waals surface area contributed by atoms with Crippen LogP contribution in [0.4, 0.5) is 0 Å². The lowest BCUT2D eigenvalue weighted by Gasteiger charge is -2.13. The van der Waals surface area contributed by atoms with E-state index in [0.29, 0.717) is 39.8 Å². The number of benzene rings is 6. The van der Waals surface area contributed by atoms with Gasteiger partial charge in [0.05, 0.1) is 16.4 Å². The van der Waals surface area contributed by atoms with Crippen molar-refractivity contribution in [3.8, 4) is 56.7 Å². The summed E-state index contributed by atoms with van der Waals surface area (Å²) in [5.41, 5.74) is 7.11. The molecule has 3 aromatic heterocycles. The summed E-state index contributed by atoms with van der Waals surface area (Å²) in [5.74, 6) is 2.32. The first kappa shape index (κ1) is 28.4. The number of aromatic nitrogens is 6. The van der Waals surface area contributed by atoms with Gasteiger partial charge < -0.3 is 0 Å². The van der Waals surface area contributed by atoms with Crippen LogP contribution in [0.1, 0.15) is 0 Å². The molecule has 49 heavy (non-hydrogen) atoms. The van der Waals surface area contributed by atoms with Crippen molar-refractivity contribution in [2.45, 2.75) is 0 Å². The fourth-order valence-electron chi connectivity index (χ4n) is 6.22. The van der Waals surface area contributed by atoms with Gasteiger partial charge in [-0.25, -0.2) is 29.3 Å². The smallest absolute Gasteiger partial charge is 0.267 e. The Morgan fingerprint density at radius 1 is 0.367 bits per heavy atom. The highest BCUT2D eigenvalue weighted by Crippen LogP contribution is 2.30. The monoisotopic (exact) mass is 630 g/mol. The van der Waals surface area contributed by atoms with Crippen LogP contribution in [0, 0.1) is 0 Å². The van der Waals surface area contributed by atoms with E-state index in [4.69, 9.17) is 24.9 Å². The number of nitrogens with zero attached hydrogens (tertiary/aromatic N) is 6. The second-order valence-electron chi connectivity index (χ2n) is 11.7. The molecule has 0 fully saturated rings. The molecular weight excluding hydrogens is 605 g/mol. The number of para-hydroxylation sites is 1. The van der Waals surface area contributed by atoms with E-state index in [2.05, 4.69) is 6.07 Å². The maximum absolute atomic E-state index is 14.4. The first-order valence-electron chi connectivity index (χ1n) is 16.0. The zero-order chi connectivity index (χ0) is 32.7. The minimum atomic E-state index is -0.174. The van der Waals surface area contributed by atoms with Crippen molar-refractivity contribution in [3.05, 3.63) is 168 Å². The Morgan fingerprint density at radius 3 is 1.55 bits per heavy atom. The van der Waals surface area contributed by atoms with Crippen LogP contribution in [0.5, 0.6) is 0 Å². The van der Waals surface area contributed by atoms with Crippen LogP contribution in [0.2, 0.25) is 0 Å². The van der Waals surface area contributed by atoms with E-state index in [1.54, 1.807) is 4.40 Å². The Balaban J connectivity index is 1.21. The molecule has 0 aliphatic heterocycles. The first-order valence-corrected chi connectivity index (χ1v) is 16.0. The van der Waals surface area contributed by atoms with Gasteiger partial charge in [0.15, 0.2) is 23.1 Å². The lowest BCUT2D eigenvalue weighted by atomic mass is 10.0. The van der Waals surface area contributed by atoms with Gasteiger partial charge in [0.25, 0.3) is 5.56 Å². The molecule has 9 aromatic rings. The van der Waals surface area contributed by atoms with Crippen LogP contribution >= 0.6 is 0 Å². The topological polar surface area (TPSA) is 85.9 Å². The average Bonchev–Trinajstić information content (AvgIpc) is 3.18. The van der Waals surface area contributed by atoms with E-state index in [0.717, 1.165) is 44.3 Å². The molecule has 0 spiro atoms. The van der Waals surface area contributed by atoms with Crippen molar-refractivity contribution >= 4 is 27.5 Å². The Bertz CT molecular complexity index is 2670. The Labute approximate surface area is 280 Å². The van der Waals surface area contributed by atoms with E-state index in [1.165, 1.54) is 0 Å². The highest BCUT2D eigenvalue weighted by molar-refractivity contribution is 5.96. The lowest BCUT2D eigenvalue weighted by molar-refractivity contribution is 1.05. The SMILES string of the molecule is O=c1c2cc(-c3cccc(-c4nc(-c5ccccc5)nc(-c5ccccc5)n4)c3)ccc2nc2c3ccccc3nc(-c3ccccc3)n12. The fraction of sp³-hybridized carbons (Fsp3) is 0. The van der Waals surface area contributed by atoms with Crippen molar-refractivity contribution in [2.24, 2.45) is 0 Å². The Morgan fingerprint density at radius 2 is 0.878 bits per heavy atom. The third kappa shape index (κ3) is 5.10. The maximum Gasteiger partial charge on any atom is 0.267 e. The molecule has 7 nitrogen and oxygen atoms in total. The van der Waals surface area contributed by atoms with E-state index in [1.807, 2.05) is 152 Å². The Hall–Kier alpha value is -6.86. The molecular formula is C42H26N6O. The number of hydrogen-bond donors (Lipinski definition) is 0. The molecule has 0 atom stereocenters. The molecule has 0 bridgehead atoms. The second kappa shape index (κ2) is 11.7. The van der Waals surface area contributed by atoms with Crippen molar-refractivity contribution in [1.29, 1.82) is 0 Å². The number of rotatable bonds is 5. The molecule has 7 heteroatoms. The number of hydrogen-bond acceptors (Lipinski definition) is 6. The summed E-state index contributed by atoms with van der Waals surface area (Å²) in [4.78, 5) is 39.0. The molecule has 0 saturated carbocycles. The summed E-state index contributed by atoms with van der Waals surface area (Å²) in [6.07, 6.45) is 0. The predicted octanol–water partition coefficient (Wildman–Crippen LogP) is 8.92. The van der Waals surface area contributed by atoms with Crippen LogP contribution in [-0.2, 0) is 0 Å². The molecule has 9 rings (SSSR count). The van der Waals surface area contributed by atoms with Crippen molar-refractivity contribution in [3.63, 3.8) is 0 Å². The largest absolute Gasteiger partial charge is 0.268 e. The maximum atomic E-state index is 14.4. The van der Waals surface area contributed by atoms with Crippen LogP contribution in [0.15, 0.2) is 163 Å². The summed E-state index contributed by atoms with van der Waals surface area (Å²) in [7, 11) is 0. The van der Waals surface area contributed by atoms with Gasteiger partial charge in [0.2, 0.25) is 0 Å². The Kier molecular flexibility index (Phi) is 6.80. The average molecular weight is 631 g/mol. The molecule has 6 aromatic carbocycles. The minimum absolute atomic E-state index is 0.174. The first-order chi connectivity index (χ1) is 24.2. The van der Waals surface area contributed by atoms with Gasteiger partial charge in [0.1, 0.15) is 5.82 Å². The van der Waals surface area contributed by atoms with Gasteiger partial charge >= 0.3 is 0 Å². The van der Waals surface area contributed by atoms with Gasteiger partial charge in [-0.15, -0.1) is 0 Å². The minimum Gasteiger partial charge on any atom is -0.268 e. The fourth-order valence-corrected chi connectivity index (χ4v) is 6.22. The second-order valence-corrected chi connectivity index (χ2v) is 11.7. The van der Waals surface area contributed by atoms with Crippen molar-refractivity contribution in [1.82, 2.24) is 29.3 Å². The van der Waals surface area contributed by atoms with E-state index in [9.17, 15) is 4.79 Å². The molecule has 0 aliphatic rings. The summed E-state index contributed by atoms with van der Waals surface area (Å²) in [6, 6.07) is 51.3. The third-order valence-corrected chi connectivity index (χ3v) is 8.64. The summed E-state index contributed by atoms with van der Waals surface area (Å²) in [6.45, 7) is 0. The normalized spacial score (nSPS) is 11.3. The zero-order valence-electron chi connectivity index (χ0n) is 26.1. The van der Waals surface area contributed by atoms with Crippen molar-refractivity contribution in [2.75, 3.05) is 0 Å².